The molecule has 1 N–H and O–H groups in total. The van der Waals surface area contributed by atoms with Gasteiger partial charge in [-0.25, -0.2) is 0 Å². The lowest BCUT2D eigenvalue weighted by Gasteiger charge is -2.32. The monoisotopic (exact) mass is 318 g/mol. The Morgan fingerprint density at radius 1 is 1.39 bits per heavy atom. The summed E-state index contributed by atoms with van der Waals surface area (Å²) in [6.07, 6.45) is 0.747. The number of ether oxygens (including phenoxy) is 2. The Morgan fingerprint density at radius 3 is 3.00 bits per heavy atom. The minimum absolute atomic E-state index is 0.0404. The number of amides is 2. The molecule has 0 aromatic heterocycles. The average Bonchev–Trinajstić information content (AvgIpc) is 3.07. The molecule has 6 nitrogen and oxygen atoms in total. The van der Waals surface area contributed by atoms with E-state index < -0.39 is 6.10 Å². The number of fused-ring (bicyclic) bond motifs is 1. The maximum atomic E-state index is 12.3. The number of hydrogen-bond acceptors (Lipinski definition) is 4. The van der Waals surface area contributed by atoms with E-state index in [-0.39, 0.29) is 18.2 Å². The SMILES string of the molecule is C[C@@H]1Oc2ccccc2N(CCC(=O)NC[C@@H]2CCOC2)C1=O. The quantitative estimate of drug-likeness (QED) is 0.890. The number of para-hydroxylation sites is 2. The molecule has 0 spiro atoms. The highest BCUT2D eigenvalue weighted by Crippen LogP contribution is 2.33. The van der Waals surface area contributed by atoms with Gasteiger partial charge in [0, 0.05) is 32.0 Å². The molecule has 3 rings (SSSR count). The molecule has 2 aliphatic rings. The fraction of sp³-hybridized carbons (Fsp3) is 0.529. The molecule has 0 unspecified atom stereocenters. The van der Waals surface area contributed by atoms with Crippen LogP contribution in [0.1, 0.15) is 19.8 Å². The van der Waals surface area contributed by atoms with Crippen LogP contribution < -0.4 is 15.0 Å². The van der Waals surface area contributed by atoms with Crippen LogP contribution in [0.2, 0.25) is 0 Å². The number of anilines is 1. The number of benzene rings is 1. The Kier molecular flexibility index (Phi) is 4.81. The molecule has 2 heterocycles. The van der Waals surface area contributed by atoms with Crippen molar-refractivity contribution in [2.45, 2.75) is 25.9 Å². The summed E-state index contributed by atoms with van der Waals surface area (Å²) in [4.78, 5) is 26.0. The molecule has 1 aromatic carbocycles. The molecule has 6 heteroatoms. The highest BCUT2D eigenvalue weighted by atomic mass is 16.5. The largest absolute Gasteiger partial charge is 0.479 e. The maximum Gasteiger partial charge on any atom is 0.267 e. The Morgan fingerprint density at radius 2 is 2.22 bits per heavy atom. The zero-order valence-corrected chi connectivity index (χ0v) is 13.3. The Hall–Kier alpha value is -2.08. The van der Waals surface area contributed by atoms with Crippen LogP contribution in [-0.4, -0.2) is 44.2 Å². The van der Waals surface area contributed by atoms with Gasteiger partial charge in [-0.2, -0.15) is 0 Å². The summed E-state index contributed by atoms with van der Waals surface area (Å²) in [7, 11) is 0. The van der Waals surface area contributed by atoms with Gasteiger partial charge in [0.25, 0.3) is 5.91 Å². The summed E-state index contributed by atoms with van der Waals surface area (Å²) < 4.78 is 10.9. The van der Waals surface area contributed by atoms with Crippen LogP contribution in [0.3, 0.4) is 0 Å². The third kappa shape index (κ3) is 3.64. The minimum Gasteiger partial charge on any atom is -0.479 e. The van der Waals surface area contributed by atoms with Crippen LogP contribution in [0.15, 0.2) is 24.3 Å². The lowest BCUT2D eigenvalue weighted by Crippen LogP contribution is -2.46. The molecule has 1 saturated heterocycles. The van der Waals surface area contributed by atoms with Crippen LogP contribution in [0.4, 0.5) is 5.69 Å². The van der Waals surface area contributed by atoms with Gasteiger partial charge in [0.1, 0.15) is 5.75 Å². The van der Waals surface area contributed by atoms with E-state index in [1.165, 1.54) is 0 Å². The Bertz CT molecular complexity index is 584. The first-order chi connectivity index (χ1) is 11.1. The van der Waals surface area contributed by atoms with Gasteiger partial charge in [-0.05, 0) is 25.5 Å². The van der Waals surface area contributed by atoms with Crippen molar-refractivity contribution in [3.05, 3.63) is 24.3 Å². The summed E-state index contributed by atoms with van der Waals surface area (Å²) in [5.74, 6) is 0.940. The predicted molar refractivity (Wildman–Crippen MR) is 85.4 cm³/mol. The van der Waals surface area contributed by atoms with Crippen molar-refractivity contribution < 1.29 is 19.1 Å². The fourth-order valence-corrected chi connectivity index (χ4v) is 2.89. The highest BCUT2D eigenvalue weighted by Gasteiger charge is 2.31. The molecule has 124 valence electrons. The van der Waals surface area contributed by atoms with E-state index in [9.17, 15) is 9.59 Å². The molecule has 0 saturated carbocycles. The van der Waals surface area contributed by atoms with Crippen LogP contribution in [0.25, 0.3) is 0 Å². The molecule has 0 bridgehead atoms. The number of carbonyl (C=O) groups excluding carboxylic acids is 2. The van der Waals surface area contributed by atoms with Gasteiger partial charge in [-0.1, -0.05) is 12.1 Å². The number of carbonyl (C=O) groups is 2. The first kappa shape index (κ1) is 15.8. The number of nitrogens with zero attached hydrogens (tertiary/aromatic N) is 1. The zero-order valence-electron chi connectivity index (χ0n) is 13.3. The molecule has 0 radical (unpaired) electrons. The standard InChI is InChI=1S/C17H22N2O4/c1-12-17(21)19(14-4-2-3-5-15(14)23-12)8-6-16(20)18-10-13-7-9-22-11-13/h2-5,12-13H,6-11H2,1H3,(H,18,20)/t12-,13-/m0/s1. The van der Waals surface area contributed by atoms with Crippen LogP contribution >= 0.6 is 0 Å². The third-order valence-corrected chi connectivity index (χ3v) is 4.25. The molecule has 0 aliphatic carbocycles. The summed E-state index contributed by atoms with van der Waals surface area (Å²) in [6, 6.07) is 7.41. The van der Waals surface area contributed by atoms with E-state index in [0.29, 0.717) is 31.4 Å². The molecule has 1 aromatic rings. The van der Waals surface area contributed by atoms with Crippen LogP contribution in [0, 0.1) is 5.92 Å². The van der Waals surface area contributed by atoms with E-state index in [0.717, 1.165) is 18.7 Å². The molecule has 23 heavy (non-hydrogen) atoms. The van der Waals surface area contributed by atoms with Crippen LogP contribution in [-0.2, 0) is 14.3 Å². The Labute approximate surface area is 135 Å². The maximum absolute atomic E-state index is 12.3. The zero-order chi connectivity index (χ0) is 16.2. The first-order valence-corrected chi connectivity index (χ1v) is 8.06. The van der Waals surface area contributed by atoms with Crippen molar-refractivity contribution in [1.82, 2.24) is 5.32 Å². The molecule has 2 aliphatic heterocycles. The van der Waals surface area contributed by atoms with Crippen molar-refractivity contribution in [3.63, 3.8) is 0 Å². The van der Waals surface area contributed by atoms with Gasteiger partial charge in [-0.3, -0.25) is 9.59 Å². The molecular formula is C17H22N2O4. The van der Waals surface area contributed by atoms with Gasteiger partial charge in [-0.15, -0.1) is 0 Å². The predicted octanol–water partition coefficient (Wildman–Crippen LogP) is 1.34. The number of hydrogen-bond donors (Lipinski definition) is 1. The topological polar surface area (TPSA) is 67.9 Å². The van der Waals surface area contributed by atoms with E-state index in [1.807, 2.05) is 24.3 Å². The normalized spacial score (nSPS) is 23.3. The number of rotatable bonds is 5. The molecular weight excluding hydrogens is 296 g/mol. The molecule has 1 fully saturated rings. The smallest absolute Gasteiger partial charge is 0.267 e. The Balaban J connectivity index is 1.56. The summed E-state index contributed by atoms with van der Waals surface area (Å²) >= 11 is 0. The third-order valence-electron chi connectivity index (χ3n) is 4.25. The van der Waals surface area contributed by atoms with E-state index >= 15 is 0 Å². The van der Waals surface area contributed by atoms with Crippen molar-refractivity contribution in [2.75, 3.05) is 31.2 Å². The summed E-state index contributed by atoms with van der Waals surface area (Å²) in [5, 5.41) is 2.93. The van der Waals surface area contributed by atoms with Gasteiger partial charge in [0.05, 0.1) is 12.3 Å². The van der Waals surface area contributed by atoms with Gasteiger partial charge >= 0.3 is 0 Å². The minimum atomic E-state index is -0.524. The second-order valence-corrected chi connectivity index (χ2v) is 6.00. The summed E-state index contributed by atoms with van der Waals surface area (Å²) in [6.45, 7) is 4.22. The van der Waals surface area contributed by atoms with Gasteiger partial charge in [0.15, 0.2) is 6.10 Å². The van der Waals surface area contributed by atoms with Gasteiger partial charge < -0.3 is 19.7 Å². The number of nitrogens with one attached hydrogen (secondary N) is 1. The van der Waals surface area contributed by atoms with E-state index in [2.05, 4.69) is 5.32 Å². The van der Waals surface area contributed by atoms with Crippen molar-refractivity contribution in [3.8, 4) is 5.75 Å². The van der Waals surface area contributed by atoms with Crippen molar-refractivity contribution >= 4 is 17.5 Å². The van der Waals surface area contributed by atoms with Gasteiger partial charge in [0.2, 0.25) is 5.91 Å². The summed E-state index contributed by atoms with van der Waals surface area (Å²) in [5.41, 5.74) is 0.729. The fourth-order valence-electron chi connectivity index (χ4n) is 2.89. The second kappa shape index (κ2) is 7.00. The molecule has 2 atom stereocenters. The van der Waals surface area contributed by atoms with E-state index in [4.69, 9.17) is 9.47 Å². The first-order valence-electron chi connectivity index (χ1n) is 8.06. The second-order valence-electron chi connectivity index (χ2n) is 6.00. The van der Waals surface area contributed by atoms with Crippen molar-refractivity contribution in [2.24, 2.45) is 5.92 Å². The van der Waals surface area contributed by atoms with Crippen LogP contribution in [0.5, 0.6) is 5.75 Å². The average molecular weight is 318 g/mol. The lowest BCUT2D eigenvalue weighted by molar-refractivity contribution is -0.125. The molecule has 2 amide bonds. The highest BCUT2D eigenvalue weighted by molar-refractivity contribution is 6.00. The van der Waals surface area contributed by atoms with Crippen molar-refractivity contribution in [1.29, 1.82) is 0 Å². The van der Waals surface area contributed by atoms with E-state index in [1.54, 1.807) is 11.8 Å². The lowest BCUT2D eigenvalue weighted by atomic mass is 10.1.